The van der Waals surface area contributed by atoms with Crippen LogP contribution in [0.3, 0.4) is 0 Å². The number of pyridine rings is 1. The van der Waals surface area contributed by atoms with E-state index in [1.165, 1.54) is 11.3 Å². The number of thiazole rings is 1. The maximum Gasteiger partial charge on any atom is 0.325 e. The highest BCUT2D eigenvalue weighted by molar-refractivity contribution is 7.10. The number of fused-ring (bicyclic) bond motifs is 8. The number of aryl methyl sites for hydroxylation is 1. The van der Waals surface area contributed by atoms with Crippen molar-refractivity contribution in [3.05, 3.63) is 58.2 Å². The van der Waals surface area contributed by atoms with Gasteiger partial charge in [0.25, 0.3) is 11.8 Å². The lowest BCUT2D eigenvalue weighted by molar-refractivity contribution is -0.156. The molecule has 3 aromatic heterocycles. The van der Waals surface area contributed by atoms with E-state index in [4.69, 9.17) is 19.4 Å². The number of ether oxygens (including phenoxy) is 2. The summed E-state index contributed by atoms with van der Waals surface area (Å²) < 4.78 is 44.5. The molecular weight excluding hydrogens is 727 g/mol. The third kappa shape index (κ3) is 6.53. The van der Waals surface area contributed by atoms with Gasteiger partial charge in [0.05, 0.1) is 46.6 Å². The molecule has 8 rings (SSSR count). The highest BCUT2D eigenvalue weighted by Gasteiger charge is 2.75. The number of methoxy groups -OCH3 is 1. The smallest absolute Gasteiger partial charge is 0.325 e. The minimum absolute atomic E-state index is 0.0564. The Bertz CT molecular complexity index is 2180. The molecule has 4 aromatic rings. The van der Waals surface area contributed by atoms with Crippen molar-refractivity contribution in [3.63, 3.8) is 0 Å². The minimum atomic E-state index is -3.16. The summed E-state index contributed by atoms with van der Waals surface area (Å²) in [5.74, 6) is -7.28. The van der Waals surface area contributed by atoms with E-state index in [0.717, 1.165) is 49.7 Å². The third-order valence-corrected chi connectivity index (χ3v) is 13.2. The molecule has 4 aliphatic rings. The summed E-state index contributed by atoms with van der Waals surface area (Å²) >= 11 is 1.37. The molecule has 55 heavy (non-hydrogen) atoms. The van der Waals surface area contributed by atoms with E-state index >= 15 is 8.78 Å². The first-order valence-corrected chi connectivity index (χ1v) is 20.0. The third-order valence-electron chi connectivity index (χ3n) is 12.4. The molecule has 2 saturated carbocycles. The average Bonchev–Trinajstić information content (AvgIpc) is 3.73. The van der Waals surface area contributed by atoms with E-state index in [9.17, 15) is 14.4 Å². The summed E-state index contributed by atoms with van der Waals surface area (Å²) in [6.07, 6.45) is 2.01. The second-order valence-electron chi connectivity index (χ2n) is 16.6. The Balaban J connectivity index is 1.26. The van der Waals surface area contributed by atoms with Crippen molar-refractivity contribution in [1.82, 2.24) is 30.3 Å². The van der Waals surface area contributed by atoms with Gasteiger partial charge < -0.3 is 19.4 Å². The van der Waals surface area contributed by atoms with Crippen molar-refractivity contribution in [2.45, 2.75) is 85.0 Å². The number of hydrogen-bond acceptors (Lipinski definition) is 9. The number of aromatic nitrogens is 3. The van der Waals surface area contributed by atoms with Gasteiger partial charge in [0.2, 0.25) is 5.91 Å². The molecule has 2 amide bonds. The predicted molar refractivity (Wildman–Crippen MR) is 204 cm³/mol. The average molecular weight is 775 g/mol. The number of hydrogen-bond donors (Lipinski definition) is 2. The summed E-state index contributed by atoms with van der Waals surface area (Å²) in [5, 5.41) is 7.57. The van der Waals surface area contributed by atoms with Crippen LogP contribution in [0.1, 0.15) is 63.9 Å². The van der Waals surface area contributed by atoms with Gasteiger partial charge in [-0.15, -0.1) is 11.3 Å². The van der Waals surface area contributed by atoms with Gasteiger partial charge >= 0.3 is 5.97 Å². The quantitative estimate of drug-likeness (QED) is 0.222. The first kappa shape index (κ1) is 37.6. The molecule has 0 spiro atoms. The van der Waals surface area contributed by atoms with Crippen molar-refractivity contribution in [1.29, 1.82) is 0 Å². The summed E-state index contributed by atoms with van der Waals surface area (Å²) in [4.78, 5) is 51.1. The number of alkyl halides is 2. The summed E-state index contributed by atoms with van der Waals surface area (Å²) in [7, 11) is 1.66. The molecule has 8 atom stereocenters. The molecular formula is C41H48F2N6O5S. The first-order chi connectivity index (χ1) is 26.1. The van der Waals surface area contributed by atoms with Crippen LogP contribution in [0, 0.1) is 35.0 Å². The van der Waals surface area contributed by atoms with Crippen LogP contribution in [0.5, 0.6) is 0 Å². The Morgan fingerprint density at radius 3 is 2.67 bits per heavy atom. The summed E-state index contributed by atoms with van der Waals surface area (Å²) in [5.41, 5.74) is 8.53. The SMILES string of the molecule is CCn1c(-c2cccnc2[C@H](C)OC)c2c3cc(ccc31)-c1csc(n1)C[C@H](NC(=O)C1[C@@H](C)[C@H]1C)C(=O)N1C[C@H]3[C@@H]([C@H](N1)C(=O)OCC(C)(C)C2)C3(F)F. The van der Waals surface area contributed by atoms with Gasteiger partial charge in [0, 0.05) is 71.6 Å². The molecule has 2 aliphatic heterocycles. The lowest BCUT2D eigenvalue weighted by atomic mass is 9.84. The van der Waals surface area contributed by atoms with Crippen LogP contribution in [0.2, 0.25) is 0 Å². The number of nitrogens with one attached hydrogen (secondary N) is 2. The van der Waals surface area contributed by atoms with Crippen LogP contribution in [0.4, 0.5) is 8.78 Å². The maximum atomic E-state index is 15.3. The zero-order chi connectivity index (χ0) is 39.1. The van der Waals surface area contributed by atoms with Crippen LogP contribution in [0.25, 0.3) is 33.4 Å². The minimum Gasteiger partial charge on any atom is -0.464 e. The highest BCUT2D eigenvalue weighted by Crippen LogP contribution is 2.59. The maximum absolute atomic E-state index is 15.3. The normalized spacial score (nSPS) is 28.9. The molecule has 1 aromatic carbocycles. The molecule has 0 radical (unpaired) electrons. The number of hydrazine groups is 1. The van der Waals surface area contributed by atoms with Crippen LogP contribution < -0.4 is 10.7 Å². The number of benzene rings is 1. The van der Waals surface area contributed by atoms with E-state index < -0.39 is 47.1 Å². The Hall–Kier alpha value is -4.27. The van der Waals surface area contributed by atoms with Gasteiger partial charge in [0.15, 0.2) is 0 Å². The van der Waals surface area contributed by atoms with Crippen molar-refractivity contribution in [2.24, 2.45) is 35.0 Å². The fraction of sp³-hybridized carbons (Fsp3) is 0.537. The van der Waals surface area contributed by atoms with E-state index in [1.54, 1.807) is 13.3 Å². The van der Waals surface area contributed by atoms with Crippen LogP contribution >= 0.6 is 11.3 Å². The van der Waals surface area contributed by atoms with Gasteiger partial charge in [-0.25, -0.2) is 19.2 Å². The van der Waals surface area contributed by atoms with Crippen molar-refractivity contribution in [3.8, 4) is 22.5 Å². The van der Waals surface area contributed by atoms with Gasteiger partial charge in [0.1, 0.15) is 12.1 Å². The predicted octanol–water partition coefficient (Wildman–Crippen LogP) is 6.21. The van der Waals surface area contributed by atoms with E-state index in [-0.39, 0.29) is 49.3 Å². The van der Waals surface area contributed by atoms with E-state index in [2.05, 4.69) is 40.4 Å². The van der Waals surface area contributed by atoms with Crippen molar-refractivity contribution >= 4 is 40.0 Å². The van der Waals surface area contributed by atoms with Gasteiger partial charge in [-0.05, 0) is 61.9 Å². The molecule has 14 heteroatoms. The first-order valence-electron chi connectivity index (χ1n) is 19.2. The second-order valence-corrected chi connectivity index (χ2v) is 17.5. The van der Waals surface area contributed by atoms with Crippen molar-refractivity contribution in [2.75, 3.05) is 20.3 Å². The number of cyclic esters (lactones) is 1. The number of amides is 2. The molecule has 292 valence electrons. The monoisotopic (exact) mass is 774 g/mol. The molecule has 2 N–H and O–H groups in total. The molecule has 11 nitrogen and oxygen atoms in total. The van der Waals surface area contributed by atoms with Gasteiger partial charge in [-0.2, -0.15) is 0 Å². The number of esters is 1. The fourth-order valence-corrected chi connectivity index (χ4v) is 9.65. The largest absolute Gasteiger partial charge is 0.464 e. The Morgan fingerprint density at radius 2 is 1.96 bits per heavy atom. The van der Waals surface area contributed by atoms with Crippen LogP contribution in [0.15, 0.2) is 41.9 Å². The molecule has 1 saturated heterocycles. The zero-order valence-electron chi connectivity index (χ0n) is 32.2. The van der Waals surface area contributed by atoms with E-state index in [0.29, 0.717) is 18.0 Å². The second kappa shape index (κ2) is 13.7. The zero-order valence-corrected chi connectivity index (χ0v) is 33.0. The molecule has 1 unspecified atom stereocenters. The van der Waals surface area contributed by atoms with Crippen LogP contribution in [-0.4, -0.2) is 75.6 Å². The molecule has 5 heterocycles. The summed E-state index contributed by atoms with van der Waals surface area (Å²) in [6.45, 7) is 12.3. The number of carbonyl (C=O) groups excluding carboxylic acids is 3. The summed E-state index contributed by atoms with van der Waals surface area (Å²) in [6, 6.07) is 7.71. The molecule has 3 fully saturated rings. The molecule has 2 aliphatic carbocycles. The fourth-order valence-electron chi connectivity index (χ4n) is 8.80. The lowest BCUT2D eigenvalue weighted by Gasteiger charge is -2.34. The Morgan fingerprint density at radius 1 is 1.20 bits per heavy atom. The van der Waals surface area contributed by atoms with Crippen molar-refractivity contribution < 1.29 is 32.6 Å². The topological polar surface area (TPSA) is 128 Å². The Labute approximate surface area is 323 Å². The number of rotatable bonds is 6. The van der Waals surface area contributed by atoms with Gasteiger partial charge in [-0.1, -0.05) is 33.8 Å². The number of nitrogens with zero attached hydrogens (tertiary/aromatic N) is 4. The standard InChI is InChI=1S/C41H48F2N6O5S/c1-8-48-30-12-11-23-14-25(30)26(36(48)24-10-9-13-44-34(24)22(4)53-7)16-40(5,6)19-54-39(52)35-33-27(41(33,42)43)17-49(47-35)38(51)28(15-31-45-29(23)18-55-31)46-37(50)32-20(2)21(32)3/h9-14,18,20-22,27-28,32-33,35,47H,8,15-17,19H2,1-7H3,(H,46,50)/t20-,21+,22-,27-,28-,32?,33-,35-/m0/s1. The van der Waals surface area contributed by atoms with Gasteiger partial charge in [-0.3, -0.25) is 24.4 Å². The number of carbonyl (C=O) groups is 3. The van der Waals surface area contributed by atoms with E-state index in [1.807, 2.05) is 52.1 Å². The van der Waals surface area contributed by atoms with Crippen LogP contribution in [-0.2, 0) is 43.2 Å². The Kier molecular flexibility index (Phi) is 9.40. The lowest BCUT2D eigenvalue weighted by Crippen LogP contribution is -2.61. The molecule has 6 bridgehead atoms. The number of halogens is 2. The highest BCUT2D eigenvalue weighted by atomic mass is 32.1.